The topological polar surface area (TPSA) is 87.8 Å². The zero-order valence-corrected chi connectivity index (χ0v) is 22.9. The van der Waals surface area contributed by atoms with Gasteiger partial charge in [0.15, 0.2) is 5.15 Å². The van der Waals surface area contributed by atoms with E-state index in [-0.39, 0.29) is 29.7 Å². The van der Waals surface area contributed by atoms with Crippen molar-refractivity contribution in [2.75, 3.05) is 0 Å². The first-order valence-corrected chi connectivity index (χ1v) is 15.0. The van der Waals surface area contributed by atoms with Crippen LogP contribution in [0.1, 0.15) is 48.3 Å². The van der Waals surface area contributed by atoms with Gasteiger partial charge in [-0.1, -0.05) is 44.0 Å². The molecule has 1 aromatic carbocycles. The fourth-order valence-corrected chi connectivity index (χ4v) is 3.51. The molecule has 29 heavy (non-hydrogen) atoms. The van der Waals surface area contributed by atoms with Crippen LogP contribution in [-0.4, -0.2) is 15.5 Å². The predicted octanol–water partition coefficient (Wildman–Crippen LogP) is 4.84. The Morgan fingerprint density at radius 3 is 2.34 bits per heavy atom. The third-order valence-electron chi connectivity index (χ3n) is 4.32. The molecule has 0 fully saturated rings. The van der Waals surface area contributed by atoms with Crippen LogP contribution >= 0.6 is 23.2 Å². The Morgan fingerprint density at radius 1 is 1.28 bits per heavy atom. The number of hydrogen-bond donors (Lipinski definition) is 1. The summed E-state index contributed by atoms with van der Waals surface area (Å²) in [6, 6.07) is 3.51. The van der Waals surface area contributed by atoms with Gasteiger partial charge in [-0.15, -0.1) is 5.56 Å². The molecule has 2 unspecified atom stereocenters. The summed E-state index contributed by atoms with van der Waals surface area (Å²) in [5, 5.41) is 2.70. The number of halogens is 2. The molecule has 6 nitrogen and oxygen atoms in total. The van der Waals surface area contributed by atoms with Gasteiger partial charge in [-0.05, 0) is 13.8 Å². The number of carbonyl (C=O) groups excluding carboxylic acids is 1. The molecule has 0 spiro atoms. The van der Waals surface area contributed by atoms with Crippen molar-refractivity contribution in [1.82, 2.24) is 14.9 Å². The van der Waals surface area contributed by atoms with Crippen LogP contribution in [-0.2, 0) is 35.7 Å². The van der Waals surface area contributed by atoms with Crippen molar-refractivity contribution < 1.29 is 35.7 Å². The van der Waals surface area contributed by atoms with Crippen LogP contribution in [0, 0.1) is 34.3 Å². The number of amides is 1. The van der Waals surface area contributed by atoms with Gasteiger partial charge in [0.1, 0.15) is 11.2 Å². The maximum absolute atomic E-state index is 12.7. The normalized spacial score (nSPS) is 12.2. The summed E-state index contributed by atoms with van der Waals surface area (Å²) in [4.78, 5) is 28.8. The van der Waals surface area contributed by atoms with E-state index in [1.165, 1.54) is 21.4 Å². The first-order valence-electron chi connectivity index (χ1n) is 8.22. The number of aryl methyl sites for hydroxylation is 2. The average Bonchev–Trinajstić information content (AvgIpc) is 2.60. The van der Waals surface area contributed by atoms with Gasteiger partial charge in [0, 0.05) is 6.04 Å². The third-order valence-corrected chi connectivity index (χ3v) is 4.93. The summed E-state index contributed by atoms with van der Waals surface area (Å²) >= 11 is 15.7. The van der Waals surface area contributed by atoms with Crippen LogP contribution in [0.3, 0.4) is 0 Å². The van der Waals surface area contributed by atoms with Crippen molar-refractivity contribution in [3.8, 4) is 0 Å². The summed E-state index contributed by atoms with van der Waals surface area (Å²) < 4.78 is 1.23. The molecule has 2 aromatic rings. The minimum absolute atomic E-state index is 0. The first kappa shape index (κ1) is 28.2. The number of benzene rings is 1. The molecule has 0 saturated heterocycles. The van der Waals surface area contributed by atoms with Gasteiger partial charge in [0.2, 0.25) is 5.91 Å². The molecule has 157 valence electrons. The zero-order chi connectivity index (χ0) is 21.8. The van der Waals surface area contributed by atoms with Crippen molar-refractivity contribution in [2.45, 2.75) is 46.7 Å². The standard InChI is InChI=1S/C18H20Cl2N4O2.CH3.V.W/c1-8-6-13(21)7-9(2)14(8)10(3)22-17(25)12(5)24-11(4)15(19)23-16(20)18(24)26;;;/h6,10,12,21H,1-5H3,(H,22,25);1H3;;/q-2;-1;+2;. The van der Waals surface area contributed by atoms with Crippen molar-refractivity contribution in [2.24, 2.45) is 0 Å². The predicted molar refractivity (Wildman–Crippen MR) is 110 cm³/mol. The van der Waals surface area contributed by atoms with E-state index in [2.05, 4.69) is 30.4 Å². The van der Waals surface area contributed by atoms with Crippen LogP contribution in [0.15, 0.2) is 10.9 Å². The molecule has 2 atom stereocenters. The van der Waals surface area contributed by atoms with E-state index in [1.54, 1.807) is 19.9 Å². The Labute approximate surface area is 199 Å². The SMILES string of the molecule is Cc1[c-]c([NH-])cc(C)c1C(C)NC(=O)C(C)n1c(C)c(Cl)nc(Cl)c1=O.[CH3-].[V+2]=[W]. The molecule has 0 bridgehead atoms. The van der Waals surface area contributed by atoms with Gasteiger partial charge in [-0.3, -0.25) is 19.8 Å². The summed E-state index contributed by atoms with van der Waals surface area (Å²) in [6.45, 7) is 8.79. The number of aromatic nitrogens is 2. The average molecular weight is 645 g/mol. The second-order valence-electron chi connectivity index (χ2n) is 6.26. The van der Waals surface area contributed by atoms with Crippen molar-refractivity contribution >= 4 is 34.8 Å². The monoisotopic (exact) mass is 644 g/mol. The Kier molecular flexibility index (Phi) is 11.8. The van der Waals surface area contributed by atoms with Crippen molar-refractivity contribution in [3.05, 3.63) is 68.3 Å². The van der Waals surface area contributed by atoms with E-state index < -0.39 is 11.6 Å². The molecule has 0 aliphatic carbocycles. The molecule has 2 N–H and O–H groups in total. The van der Waals surface area contributed by atoms with E-state index >= 15 is 0 Å². The minimum atomic E-state index is -0.817. The molecular formula is C19H23Cl2N4O2VW-. The molecule has 1 aromatic heterocycles. The van der Waals surface area contributed by atoms with Crippen LogP contribution in [0.4, 0.5) is 5.69 Å². The zero-order valence-electron chi connectivity index (χ0n) is 17.1. The van der Waals surface area contributed by atoms with E-state index in [1.807, 2.05) is 20.8 Å². The van der Waals surface area contributed by atoms with Crippen LogP contribution < -0.4 is 10.9 Å². The molecule has 2 rings (SSSR count). The maximum atomic E-state index is 12.7. The van der Waals surface area contributed by atoms with Gasteiger partial charge in [0.05, 0.1) is 5.69 Å². The molecular weight excluding hydrogens is 622 g/mol. The molecule has 0 saturated carbocycles. The van der Waals surface area contributed by atoms with Gasteiger partial charge in [0.25, 0.3) is 5.56 Å². The number of rotatable bonds is 4. The van der Waals surface area contributed by atoms with Gasteiger partial charge in [-0.25, -0.2) is 4.98 Å². The molecule has 0 aliphatic rings. The fraction of sp³-hybridized carbons (Fsp3) is 0.368. The summed E-state index contributed by atoms with van der Waals surface area (Å²) in [5.74, 6) is -0.352. The number of nitrogens with one attached hydrogen (secondary N) is 2. The van der Waals surface area contributed by atoms with E-state index in [0.717, 1.165) is 16.7 Å². The summed E-state index contributed by atoms with van der Waals surface area (Å²) in [6.07, 6.45) is 0. The van der Waals surface area contributed by atoms with Gasteiger partial charge < -0.3 is 18.5 Å². The third kappa shape index (κ3) is 6.60. The fourth-order valence-electron chi connectivity index (χ4n) is 3.12. The Bertz CT molecular complexity index is 930. The van der Waals surface area contributed by atoms with Crippen LogP contribution in [0.5, 0.6) is 0 Å². The number of hydrogen-bond acceptors (Lipinski definition) is 3. The Morgan fingerprint density at radius 2 is 1.83 bits per heavy atom. The summed E-state index contributed by atoms with van der Waals surface area (Å²) in [7, 11) is 0. The van der Waals surface area contributed by atoms with Crippen molar-refractivity contribution in [1.29, 1.82) is 0 Å². The number of carbonyl (C=O) groups is 1. The second-order valence-corrected chi connectivity index (χ2v) is 6.98. The van der Waals surface area contributed by atoms with Gasteiger partial charge >= 0.3 is 30.9 Å². The molecule has 10 heteroatoms. The van der Waals surface area contributed by atoms with E-state index in [0.29, 0.717) is 11.4 Å². The molecule has 1 heterocycles. The molecule has 0 radical (unpaired) electrons. The van der Waals surface area contributed by atoms with Crippen LogP contribution in [0.25, 0.3) is 5.73 Å². The second kappa shape index (κ2) is 12.2. The number of nitrogens with zero attached hydrogens (tertiary/aromatic N) is 2. The Hall–Kier alpha value is -0.777. The Balaban J connectivity index is 0.00000253. The molecule has 0 aliphatic heterocycles. The van der Waals surface area contributed by atoms with E-state index in [4.69, 9.17) is 28.9 Å². The summed E-state index contributed by atoms with van der Waals surface area (Å²) in [5.41, 5.74) is 10.4. The quantitative estimate of drug-likeness (QED) is 0.483. The first-order chi connectivity index (χ1) is 13.0. The molecule has 1 amide bonds. The van der Waals surface area contributed by atoms with Gasteiger partial charge in [-0.2, -0.15) is 23.3 Å². The van der Waals surface area contributed by atoms with Crippen molar-refractivity contribution in [3.63, 3.8) is 0 Å². The van der Waals surface area contributed by atoms with Crippen LogP contribution in [0.2, 0.25) is 10.3 Å². The van der Waals surface area contributed by atoms with E-state index in [9.17, 15) is 9.59 Å².